The van der Waals surface area contributed by atoms with Crippen LogP contribution in [0.4, 0.5) is 5.69 Å². The van der Waals surface area contributed by atoms with Crippen LogP contribution in [-0.2, 0) is 10.0 Å². The second-order valence-corrected chi connectivity index (χ2v) is 9.14. The molecule has 5 rings (SSSR count). The number of ether oxygens (including phenoxy) is 1. The van der Waals surface area contributed by atoms with Gasteiger partial charge in [0.25, 0.3) is 10.0 Å². The highest BCUT2D eigenvalue weighted by molar-refractivity contribution is 7.92. The number of anilines is 1. The molecule has 5 aromatic rings. The minimum atomic E-state index is -3.75. The number of para-hydroxylation sites is 1. The summed E-state index contributed by atoms with van der Waals surface area (Å²) in [6.07, 6.45) is 0. The molecular weight excluding hydrogens is 434 g/mol. The van der Waals surface area contributed by atoms with Crippen molar-refractivity contribution in [3.63, 3.8) is 0 Å². The number of imidazole rings is 1. The molecule has 0 bridgehead atoms. The minimum absolute atomic E-state index is 0.156. The average Bonchev–Trinajstić information content (AvgIpc) is 3.24. The lowest BCUT2D eigenvalue weighted by molar-refractivity contribution is 0.414. The number of benzene rings is 4. The molecule has 33 heavy (non-hydrogen) atoms. The molecule has 0 aliphatic carbocycles. The first kappa shape index (κ1) is 20.8. The average molecular weight is 456 g/mol. The van der Waals surface area contributed by atoms with Gasteiger partial charge in [-0.15, -0.1) is 0 Å². The quantitative estimate of drug-likeness (QED) is 0.367. The Kier molecular flexibility index (Phi) is 5.32. The van der Waals surface area contributed by atoms with Gasteiger partial charge in [0.1, 0.15) is 11.6 Å². The van der Waals surface area contributed by atoms with Crippen molar-refractivity contribution in [1.82, 2.24) is 9.55 Å². The SMILES string of the molecule is COc1ccc(S(=O)(=O)Nc2ccc3c(c2)nc(-c2ccccc2)n3-c2ccccc2)cc1. The van der Waals surface area contributed by atoms with Crippen LogP contribution in [0, 0.1) is 0 Å². The highest BCUT2D eigenvalue weighted by Crippen LogP contribution is 2.30. The Morgan fingerprint density at radius 2 is 1.48 bits per heavy atom. The molecule has 4 aromatic carbocycles. The van der Waals surface area contributed by atoms with Gasteiger partial charge in [0, 0.05) is 11.3 Å². The Labute approximate surface area is 192 Å². The molecule has 0 radical (unpaired) electrons. The summed E-state index contributed by atoms with van der Waals surface area (Å²) in [6, 6.07) is 31.5. The van der Waals surface area contributed by atoms with E-state index in [4.69, 9.17) is 9.72 Å². The molecule has 0 spiro atoms. The molecule has 1 N–H and O–H groups in total. The van der Waals surface area contributed by atoms with E-state index in [-0.39, 0.29) is 4.90 Å². The fourth-order valence-electron chi connectivity index (χ4n) is 3.73. The number of hydrogen-bond acceptors (Lipinski definition) is 4. The first-order chi connectivity index (χ1) is 16.0. The third kappa shape index (κ3) is 4.06. The second-order valence-electron chi connectivity index (χ2n) is 7.46. The van der Waals surface area contributed by atoms with Crippen molar-refractivity contribution in [2.75, 3.05) is 11.8 Å². The number of nitrogens with one attached hydrogen (secondary N) is 1. The van der Waals surface area contributed by atoms with Crippen LogP contribution in [0.2, 0.25) is 0 Å². The third-order valence-electron chi connectivity index (χ3n) is 5.32. The molecule has 7 heteroatoms. The zero-order valence-electron chi connectivity index (χ0n) is 17.8. The van der Waals surface area contributed by atoms with Gasteiger partial charge in [-0.1, -0.05) is 48.5 Å². The maximum atomic E-state index is 12.9. The predicted octanol–water partition coefficient (Wildman–Crippen LogP) is 5.50. The molecule has 0 unspecified atom stereocenters. The number of aromatic nitrogens is 2. The minimum Gasteiger partial charge on any atom is -0.497 e. The van der Waals surface area contributed by atoms with Gasteiger partial charge in [-0.2, -0.15) is 0 Å². The van der Waals surface area contributed by atoms with Crippen molar-refractivity contribution < 1.29 is 13.2 Å². The summed E-state index contributed by atoms with van der Waals surface area (Å²) in [5.41, 5.74) is 3.96. The third-order valence-corrected chi connectivity index (χ3v) is 6.72. The van der Waals surface area contributed by atoms with Crippen molar-refractivity contribution in [3.8, 4) is 22.8 Å². The van der Waals surface area contributed by atoms with Crippen LogP contribution < -0.4 is 9.46 Å². The summed E-state index contributed by atoms with van der Waals surface area (Å²) in [6.45, 7) is 0. The Morgan fingerprint density at radius 3 is 2.15 bits per heavy atom. The first-order valence-corrected chi connectivity index (χ1v) is 11.8. The Morgan fingerprint density at radius 1 is 0.818 bits per heavy atom. The molecule has 0 aliphatic rings. The molecule has 0 aliphatic heterocycles. The van der Waals surface area contributed by atoms with E-state index in [2.05, 4.69) is 9.29 Å². The van der Waals surface area contributed by atoms with Crippen molar-refractivity contribution in [2.45, 2.75) is 4.90 Å². The van der Waals surface area contributed by atoms with Crippen LogP contribution in [0.25, 0.3) is 28.1 Å². The second kappa shape index (κ2) is 8.44. The fourth-order valence-corrected chi connectivity index (χ4v) is 4.78. The number of fused-ring (bicyclic) bond motifs is 1. The van der Waals surface area contributed by atoms with Gasteiger partial charge < -0.3 is 4.74 Å². The van der Waals surface area contributed by atoms with Crippen LogP contribution in [0.1, 0.15) is 0 Å². The summed E-state index contributed by atoms with van der Waals surface area (Å²) in [7, 11) is -2.22. The predicted molar refractivity (Wildman–Crippen MR) is 130 cm³/mol. The Bertz CT molecular complexity index is 1510. The van der Waals surface area contributed by atoms with Gasteiger partial charge in [0.05, 0.1) is 28.7 Å². The Balaban J connectivity index is 1.58. The lowest BCUT2D eigenvalue weighted by Gasteiger charge is -2.10. The van der Waals surface area contributed by atoms with E-state index in [0.29, 0.717) is 17.0 Å². The van der Waals surface area contributed by atoms with Crippen LogP contribution in [0.5, 0.6) is 5.75 Å². The lowest BCUT2D eigenvalue weighted by Crippen LogP contribution is -2.12. The fraction of sp³-hybridized carbons (Fsp3) is 0.0385. The van der Waals surface area contributed by atoms with Crippen molar-refractivity contribution >= 4 is 26.7 Å². The van der Waals surface area contributed by atoms with Gasteiger partial charge >= 0.3 is 0 Å². The van der Waals surface area contributed by atoms with Gasteiger partial charge in [0.15, 0.2) is 0 Å². The summed E-state index contributed by atoms with van der Waals surface area (Å²) in [5, 5.41) is 0. The first-order valence-electron chi connectivity index (χ1n) is 10.4. The summed E-state index contributed by atoms with van der Waals surface area (Å²) < 4.78 is 35.6. The number of methoxy groups -OCH3 is 1. The summed E-state index contributed by atoms with van der Waals surface area (Å²) in [5.74, 6) is 1.38. The van der Waals surface area contributed by atoms with Gasteiger partial charge in [-0.3, -0.25) is 9.29 Å². The molecule has 0 saturated carbocycles. The molecule has 0 fully saturated rings. The zero-order chi connectivity index (χ0) is 22.8. The van der Waals surface area contributed by atoms with E-state index in [1.54, 1.807) is 24.3 Å². The van der Waals surface area contributed by atoms with Crippen molar-refractivity contribution in [1.29, 1.82) is 0 Å². The molecule has 0 amide bonds. The molecule has 1 aromatic heterocycles. The zero-order valence-corrected chi connectivity index (χ0v) is 18.7. The van der Waals surface area contributed by atoms with Gasteiger partial charge in [-0.25, -0.2) is 13.4 Å². The van der Waals surface area contributed by atoms with E-state index >= 15 is 0 Å². The normalized spacial score (nSPS) is 11.4. The van der Waals surface area contributed by atoms with E-state index in [9.17, 15) is 8.42 Å². The van der Waals surface area contributed by atoms with Crippen LogP contribution in [0.3, 0.4) is 0 Å². The number of sulfonamides is 1. The van der Waals surface area contributed by atoms with Gasteiger partial charge in [0.2, 0.25) is 0 Å². The number of rotatable bonds is 6. The van der Waals surface area contributed by atoms with Crippen LogP contribution >= 0.6 is 0 Å². The van der Waals surface area contributed by atoms with Crippen molar-refractivity contribution in [2.24, 2.45) is 0 Å². The molecule has 6 nitrogen and oxygen atoms in total. The van der Waals surface area contributed by atoms with Gasteiger partial charge in [-0.05, 0) is 54.6 Å². The van der Waals surface area contributed by atoms with E-state index in [0.717, 1.165) is 22.6 Å². The maximum Gasteiger partial charge on any atom is 0.261 e. The van der Waals surface area contributed by atoms with Crippen LogP contribution in [-0.4, -0.2) is 25.1 Å². The van der Waals surface area contributed by atoms with Crippen LogP contribution in [0.15, 0.2) is 108 Å². The van der Waals surface area contributed by atoms with Crippen molar-refractivity contribution in [3.05, 3.63) is 103 Å². The monoisotopic (exact) mass is 455 g/mol. The highest BCUT2D eigenvalue weighted by Gasteiger charge is 2.18. The largest absolute Gasteiger partial charge is 0.497 e. The lowest BCUT2D eigenvalue weighted by atomic mass is 10.2. The molecule has 0 atom stereocenters. The highest BCUT2D eigenvalue weighted by atomic mass is 32.2. The van der Waals surface area contributed by atoms with E-state index < -0.39 is 10.0 Å². The van der Waals surface area contributed by atoms with E-state index in [1.807, 2.05) is 66.7 Å². The Hall–Kier alpha value is -4.10. The number of nitrogens with zero attached hydrogens (tertiary/aromatic N) is 2. The topological polar surface area (TPSA) is 73.2 Å². The summed E-state index contributed by atoms with van der Waals surface area (Å²) in [4.78, 5) is 5.01. The summed E-state index contributed by atoms with van der Waals surface area (Å²) >= 11 is 0. The van der Waals surface area contributed by atoms with E-state index in [1.165, 1.54) is 19.2 Å². The maximum absolute atomic E-state index is 12.9. The standard InChI is InChI=1S/C26H21N3O3S/c1-32-22-13-15-23(16-14-22)33(30,31)28-20-12-17-25-24(18-20)27-26(19-8-4-2-5-9-19)29(25)21-10-6-3-7-11-21/h2-18,28H,1H3. The number of hydrogen-bond donors (Lipinski definition) is 1. The molecule has 0 saturated heterocycles. The molecule has 1 heterocycles. The molecule has 164 valence electrons. The molecular formula is C26H21N3O3S. The smallest absolute Gasteiger partial charge is 0.261 e.